The first-order chi connectivity index (χ1) is 9.94. The molecule has 2 aliphatic rings. The van der Waals surface area contributed by atoms with Gasteiger partial charge in [-0.3, -0.25) is 14.7 Å². The minimum atomic E-state index is -2.56. The summed E-state index contributed by atoms with van der Waals surface area (Å²) in [6.07, 6.45) is 0.600. The molecule has 0 N–H and O–H groups in total. The van der Waals surface area contributed by atoms with Gasteiger partial charge in [0, 0.05) is 38.8 Å². The molecule has 2 heterocycles. The van der Waals surface area contributed by atoms with E-state index in [0.717, 1.165) is 39.3 Å². The molecule has 126 valence electrons. The lowest BCUT2D eigenvalue weighted by atomic mass is 9.98. The van der Waals surface area contributed by atoms with Crippen molar-refractivity contribution in [1.82, 2.24) is 14.7 Å². The standard InChI is InChI=1S/C14H27F2N3.C2H6/c1-4-17-6-5-13(14(15,16)11-17)19-9-7-18(8-10-19)12(2)3;1-2/h12-13H,4-11H2,1-3H3;1-2H3. The Hall–Kier alpha value is -0.260. The van der Waals surface area contributed by atoms with E-state index in [2.05, 4.69) is 18.7 Å². The number of piperazine rings is 1. The minimum Gasteiger partial charge on any atom is -0.298 e. The molecule has 21 heavy (non-hydrogen) atoms. The number of nitrogens with zero attached hydrogens (tertiary/aromatic N) is 3. The Kier molecular flexibility index (Phi) is 7.51. The van der Waals surface area contributed by atoms with Crippen LogP contribution in [-0.4, -0.2) is 78.5 Å². The molecule has 5 heteroatoms. The molecule has 0 amide bonds. The van der Waals surface area contributed by atoms with Gasteiger partial charge in [-0.15, -0.1) is 0 Å². The second-order valence-electron chi connectivity index (χ2n) is 6.10. The fourth-order valence-corrected chi connectivity index (χ4v) is 3.28. The van der Waals surface area contributed by atoms with Crippen molar-refractivity contribution < 1.29 is 8.78 Å². The molecule has 0 spiro atoms. The number of piperidine rings is 1. The number of likely N-dealkylation sites (tertiary alicyclic amines) is 1. The molecule has 2 fully saturated rings. The molecule has 1 unspecified atom stereocenters. The lowest BCUT2D eigenvalue weighted by Crippen LogP contribution is -2.62. The highest BCUT2D eigenvalue weighted by atomic mass is 19.3. The molecular formula is C16H33F2N3. The van der Waals surface area contributed by atoms with Crippen molar-refractivity contribution in [3.63, 3.8) is 0 Å². The van der Waals surface area contributed by atoms with Crippen LogP contribution in [0.4, 0.5) is 8.78 Å². The van der Waals surface area contributed by atoms with Crippen molar-refractivity contribution >= 4 is 0 Å². The highest BCUT2D eigenvalue weighted by Crippen LogP contribution is 2.31. The van der Waals surface area contributed by atoms with Gasteiger partial charge in [0.1, 0.15) is 0 Å². The molecular weight excluding hydrogens is 272 g/mol. The van der Waals surface area contributed by atoms with E-state index in [1.54, 1.807) is 0 Å². The lowest BCUT2D eigenvalue weighted by Gasteiger charge is -2.46. The summed E-state index contributed by atoms with van der Waals surface area (Å²) in [7, 11) is 0. The number of halogens is 2. The Morgan fingerprint density at radius 1 is 1.05 bits per heavy atom. The molecule has 0 aromatic rings. The molecule has 0 aromatic heterocycles. The van der Waals surface area contributed by atoms with E-state index in [-0.39, 0.29) is 6.54 Å². The first-order valence-electron chi connectivity index (χ1n) is 8.52. The van der Waals surface area contributed by atoms with Crippen molar-refractivity contribution in [3.05, 3.63) is 0 Å². The highest BCUT2D eigenvalue weighted by Gasteiger charge is 2.47. The van der Waals surface area contributed by atoms with Crippen LogP contribution in [0.3, 0.4) is 0 Å². The summed E-state index contributed by atoms with van der Waals surface area (Å²) in [5, 5.41) is 0. The van der Waals surface area contributed by atoms with Gasteiger partial charge in [-0.05, 0) is 26.8 Å². The average Bonchev–Trinajstić information content (AvgIpc) is 2.48. The summed E-state index contributed by atoms with van der Waals surface area (Å²) in [5.41, 5.74) is 0. The monoisotopic (exact) mass is 305 g/mol. The fourth-order valence-electron chi connectivity index (χ4n) is 3.28. The van der Waals surface area contributed by atoms with Crippen molar-refractivity contribution in [3.8, 4) is 0 Å². The van der Waals surface area contributed by atoms with Crippen LogP contribution >= 0.6 is 0 Å². The van der Waals surface area contributed by atoms with Crippen LogP contribution in [-0.2, 0) is 0 Å². The quantitative estimate of drug-likeness (QED) is 0.794. The SMILES string of the molecule is CC.CCN1CCC(N2CCN(C(C)C)CC2)C(F)(F)C1. The maximum Gasteiger partial charge on any atom is 0.275 e. The highest BCUT2D eigenvalue weighted by molar-refractivity contribution is 4.94. The van der Waals surface area contributed by atoms with E-state index in [0.29, 0.717) is 12.5 Å². The maximum atomic E-state index is 14.2. The summed E-state index contributed by atoms with van der Waals surface area (Å²) < 4.78 is 28.5. The Balaban J connectivity index is 0.00000106. The number of hydrogen-bond donors (Lipinski definition) is 0. The maximum absolute atomic E-state index is 14.2. The van der Waals surface area contributed by atoms with Crippen LogP contribution in [0.15, 0.2) is 0 Å². The predicted octanol–water partition coefficient (Wildman–Crippen LogP) is 2.77. The average molecular weight is 305 g/mol. The molecule has 3 nitrogen and oxygen atoms in total. The first kappa shape index (κ1) is 18.8. The molecule has 2 saturated heterocycles. The smallest absolute Gasteiger partial charge is 0.275 e. The van der Waals surface area contributed by atoms with Gasteiger partial charge in [0.15, 0.2) is 0 Å². The predicted molar refractivity (Wildman–Crippen MR) is 85.1 cm³/mol. The third-order valence-electron chi connectivity index (χ3n) is 4.61. The van der Waals surface area contributed by atoms with Gasteiger partial charge >= 0.3 is 0 Å². The Bertz CT molecular complexity index is 289. The van der Waals surface area contributed by atoms with Gasteiger partial charge in [-0.2, -0.15) is 0 Å². The van der Waals surface area contributed by atoms with Crippen LogP contribution in [0, 0.1) is 0 Å². The lowest BCUT2D eigenvalue weighted by molar-refractivity contribution is -0.133. The van der Waals surface area contributed by atoms with Gasteiger partial charge in [0.2, 0.25) is 0 Å². The van der Waals surface area contributed by atoms with Crippen LogP contribution in [0.25, 0.3) is 0 Å². The third-order valence-corrected chi connectivity index (χ3v) is 4.61. The summed E-state index contributed by atoms with van der Waals surface area (Å²) in [5.74, 6) is -2.56. The van der Waals surface area contributed by atoms with Crippen LogP contribution < -0.4 is 0 Å². The van der Waals surface area contributed by atoms with E-state index in [4.69, 9.17) is 0 Å². The van der Waals surface area contributed by atoms with E-state index < -0.39 is 12.0 Å². The normalized spacial score (nSPS) is 28.3. The van der Waals surface area contributed by atoms with E-state index in [1.165, 1.54) is 0 Å². The van der Waals surface area contributed by atoms with Gasteiger partial charge < -0.3 is 0 Å². The zero-order valence-electron chi connectivity index (χ0n) is 14.4. The van der Waals surface area contributed by atoms with Gasteiger partial charge in [0.05, 0.1) is 12.6 Å². The van der Waals surface area contributed by atoms with Crippen LogP contribution in [0.2, 0.25) is 0 Å². The van der Waals surface area contributed by atoms with E-state index in [9.17, 15) is 8.78 Å². The van der Waals surface area contributed by atoms with Crippen molar-refractivity contribution in [2.75, 3.05) is 45.8 Å². The van der Waals surface area contributed by atoms with Gasteiger partial charge in [-0.25, -0.2) is 8.78 Å². The topological polar surface area (TPSA) is 9.72 Å². The van der Waals surface area contributed by atoms with Gasteiger partial charge in [-0.1, -0.05) is 20.8 Å². The molecule has 0 saturated carbocycles. The molecule has 0 aliphatic carbocycles. The Morgan fingerprint density at radius 3 is 2.05 bits per heavy atom. The van der Waals surface area contributed by atoms with E-state index in [1.807, 2.05) is 30.6 Å². The summed E-state index contributed by atoms with van der Waals surface area (Å²) in [6.45, 7) is 15.2. The number of hydrogen-bond acceptors (Lipinski definition) is 3. The molecule has 2 aliphatic heterocycles. The molecule has 0 aromatic carbocycles. The minimum absolute atomic E-state index is 0.0709. The third kappa shape index (κ3) is 4.86. The number of rotatable bonds is 3. The molecule has 0 bridgehead atoms. The fraction of sp³-hybridized carbons (Fsp3) is 1.00. The zero-order chi connectivity index (χ0) is 16.0. The van der Waals surface area contributed by atoms with Crippen molar-refractivity contribution in [2.24, 2.45) is 0 Å². The summed E-state index contributed by atoms with van der Waals surface area (Å²) in [4.78, 5) is 6.25. The Labute approximate surface area is 129 Å². The van der Waals surface area contributed by atoms with Crippen LogP contribution in [0.1, 0.15) is 41.0 Å². The molecule has 0 radical (unpaired) electrons. The Morgan fingerprint density at radius 2 is 1.62 bits per heavy atom. The van der Waals surface area contributed by atoms with Crippen molar-refractivity contribution in [1.29, 1.82) is 0 Å². The van der Waals surface area contributed by atoms with Gasteiger partial charge in [0.25, 0.3) is 5.92 Å². The second kappa shape index (κ2) is 8.39. The second-order valence-corrected chi connectivity index (χ2v) is 6.10. The van der Waals surface area contributed by atoms with Crippen molar-refractivity contribution in [2.45, 2.75) is 59.0 Å². The summed E-state index contributed by atoms with van der Waals surface area (Å²) in [6, 6.07) is -0.0331. The first-order valence-corrected chi connectivity index (χ1v) is 8.52. The van der Waals surface area contributed by atoms with E-state index >= 15 is 0 Å². The largest absolute Gasteiger partial charge is 0.298 e. The molecule has 2 rings (SSSR count). The van der Waals surface area contributed by atoms with Crippen LogP contribution in [0.5, 0.6) is 0 Å². The molecule has 1 atom stereocenters. The summed E-state index contributed by atoms with van der Waals surface area (Å²) >= 11 is 0. The number of alkyl halides is 2. The zero-order valence-corrected chi connectivity index (χ0v) is 14.4.